The molecule has 0 spiro atoms. The van der Waals surface area contributed by atoms with E-state index in [1.165, 1.54) is 19.2 Å². The number of carboxylic acids is 1. The van der Waals surface area contributed by atoms with Crippen molar-refractivity contribution in [3.8, 4) is 0 Å². The summed E-state index contributed by atoms with van der Waals surface area (Å²) >= 11 is 3.11. The molecule has 3 nitrogen and oxygen atoms in total. The van der Waals surface area contributed by atoms with Gasteiger partial charge in [-0.1, -0.05) is 22.0 Å². The van der Waals surface area contributed by atoms with E-state index in [9.17, 15) is 9.18 Å². The van der Waals surface area contributed by atoms with E-state index in [0.29, 0.717) is 4.47 Å². The highest BCUT2D eigenvalue weighted by atomic mass is 79.9. The first kappa shape index (κ1) is 11.1. The van der Waals surface area contributed by atoms with E-state index in [0.717, 1.165) is 0 Å². The minimum atomic E-state index is -1.11. The van der Waals surface area contributed by atoms with Crippen LogP contribution in [0.3, 0.4) is 0 Å². The molecular weight excluding hydrogens is 253 g/mol. The summed E-state index contributed by atoms with van der Waals surface area (Å²) in [6.07, 6.45) is 0. The number of rotatable bonds is 3. The van der Waals surface area contributed by atoms with Crippen LogP contribution in [0.15, 0.2) is 22.7 Å². The van der Waals surface area contributed by atoms with Gasteiger partial charge < -0.3 is 10.4 Å². The first-order valence-corrected chi connectivity index (χ1v) is 4.71. The van der Waals surface area contributed by atoms with Gasteiger partial charge in [0, 0.05) is 10.0 Å². The van der Waals surface area contributed by atoms with Crippen LogP contribution in [0.2, 0.25) is 0 Å². The highest BCUT2D eigenvalue weighted by Gasteiger charge is 2.23. The van der Waals surface area contributed by atoms with Crippen LogP contribution < -0.4 is 5.32 Å². The fraction of sp³-hybridized carbons (Fsp3) is 0.222. The lowest BCUT2D eigenvalue weighted by Crippen LogP contribution is -2.26. The summed E-state index contributed by atoms with van der Waals surface area (Å²) < 4.78 is 13.8. The van der Waals surface area contributed by atoms with Crippen molar-refractivity contribution >= 4 is 21.9 Å². The minimum absolute atomic E-state index is 0.113. The zero-order valence-electron chi connectivity index (χ0n) is 7.42. The molecule has 0 aromatic heterocycles. The van der Waals surface area contributed by atoms with Crippen molar-refractivity contribution in [3.63, 3.8) is 0 Å². The predicted octanol–water partition coefficient (Wildman–Crippen LogP) is 1.93. The molecule has 76 valence electrons. The van der Waals surface area contributed by atoms with E-state index in [1.807, 2.05) is 0 Å². The first-order valence-electron chi connectivity index (χ1n) is 3.92. The zero-order valence-corrected chi connectivity index (χ0v) is 9.01. The zero-order chi connectivity index (χ0) is 10.7. The lowest BCUT2D eigenvalue weighted by Gasteiger charge is -2.13. The van der Waals surface area contributed by atoms with Gasteiger partial charge in [0.05, 0.1) is 0 Å². The maximum absolute atomic E-state index is 13.3. The molecule has 1 unspecified atom stereocenters. The number of nitrogens with one attached hydrogen (secondary N) is 1. The summed E-state index contributed by atoms with van der Waals surface area (Å²) in [5.41, 5.74) is 0.113. The number of halogens is 2. The van der Waals surface area contributed by atoms with Crippen molar-refractivity contribution < 1.29 is 14.3 Å². The molecule has 5 heteroatoms. The maximum Gasteiger partial charge on any atom is 0.325 e. The average Bonchev–Trinajstić information content (AvgIpc) is 2.10. The van der Waals surface area contributed by atoms with Gasteiger partial charge in [-0.25, -0.2) is 4.39 Å². The van der Waals surface area contributed by atoms with Gasteiger partial charge >= 0.3 is 5.97 Å². The molecule has 2 N–H and O–H groups in total. The fourth-order valence-corrected chi connectivity index (χ4v) is 1.75. The Morgan fingerprint density at radius 2 is 2.29 bits per heavy atom. The first-order chi connectivity index (χ1) is 6.57. The number of aliphatic carboxylic acids is 1. The molecule has 0 aliphatic heterocycles. The van der Waals surface area contributed by atoms with Crippen molar-refractivity contribution in [1.29, 1.82) is 0 Å². The Kier molecular flexibility index (Phi) is 3.60. The molecule has 14 heavy (non-hydrogen) atoms. The molecule has 0 aliphatic carbocycles. The summed E-state index contributed by atoms with van der Waals surface area (Å²) in [4.78, 5) is 10.8. The smallest absolute Gasteiger partial charge is 0.325 e. The molecule has 0 aliphatic rings. The van der Waals surface area contributed by atoms with Gasteiger partial charge in [-0.3, -0.25) is 4.79 Å². The van der Waals surface area contributed by atoms with Gasteiger partial charge in [-0.2, -0.15) is 0 Å². The summed E-state index contributed by atoms with van der Waals surface area (Å²) in [7, 11) is 1.47. The number of hydrogen-bond donors (Lipinski definition) is 2. The molecule has 1 atom stereocenters. The molecule has 0 heterocycles. The topological polar surface area (TPSA) is 49.3 Å². The van der Waals surface area contributed by atoms with E-state index < -0.39 is 17.8 Å². The Balaban J connectivity index is 3.22. The predicted molar refractivity (Wildman–Crippen MR) is 53.5 cm³/mol. The highest BCUT2D eigenvalue weighted by Crippen LogP contribution is 2.26. The minimum Gasteiger partial charge on any atom is -0.480 e. The number of carboxylic acid groups (broad SMARTS) is 1. The number of benzene rings is 1. The molecule has 0 bridgehead atoms. The van der Waals surface area contributed by atoms with Crippen LogP contribution in [0.4, 0.5) is 4.39 Å². The molecule has 0 saturated heterocycles. The lowest BCUT2D eigenvalue weighted by molar-refractivity contribution is -0.139. The van der Waals surface area contributed by atoms with E-state index in [2.05, 4.69) is 21.2 Å². The largest absolute Gasteiger partial charge is 0.480 e. The second-order valence-corrected chi connectivity index (χ2v) is 3.55. The fourth-order valence-electron chi connectivity index (χ4n) is 1.18. The van der Waals surface area contributed by atoms with Gasteiger partial charge in [0.25, 0.3) is 0 Å². The third-order valence-corrected chi connectivity index (χ3v) is 2.52. The number of hydrogen-bond acceptors (Lipinski definition) is 2. The molecule has 1 aromatic rings. The SMILES string of the molecule is CNC(C(=O)O)c1c(F)cccc1Br. The van der Waals surface area contributed by atoms with Gasteiger partial charge in [0.2, 0.25) is 0 Å². The van der Waals surface area contributed by atoms with Gasteiger partial charge in [-0.05, 0) is 19.2 Å². The van der Waals surface area contributed by atoms with Crippen LogP contribution in [0.5, 0.6) is 0 Å². The highest BCUT2D eigenvalue weighted by molar-refractivity contribution is 9.10. The van der Waals surface area contributed by atoms with Crippen LogP contribution >= 0.6 is 15.9 Å². The van der Waals surface area contributed by atoms with E-state index in [-0.39, 0.29) is 5.56 Å². The Hall–Kier alpha value is -0.940. The Bertz CT molecular complexity index is 336. The van der Waals surface area contributed by atoms with Crippen LogP contribution in [-0.2, 0) is 4.79 Å². The Morgan fingerprint density at radius 1 is 1.64 bits per heavy atom. The van der Waals surface area contributed by atoms with Gasteiger partial charge in [0.15, 0.2) is 0 Å². The Labute approximate surface area is 89.1 Å². The second-order valence-electron chi connectivity index (χ2n) is 2.70. The summed E-state index contributed by atoms with van der Waals surface area (Å²) in [6.45, 7) is 0. The van der Waals surface area contributed by atoms with Crippen molar-refractivity contribution in [1.82, 2.24) is 5.32 Å². The Morgan fingerprint density at radius 3 is 2.71 bits per heavy atom. The summed E-state index contributed by atoms with van der Waals surface area (Å²) in [5.74, 6) is -1.65. The maximum atomic E-state index is 13.3. The normalized spacial score (nSPS) is 12.5. The lowest BCUT2D eigenvalue weighted by atomic mass is 10.1. The van der Waals surface area contributed by atoms with Gasteiger partial charge in [-0.15, -0.1) is 0 Å². The van der Waals surface area contributed by atoms with E-state index in [4.69, 9.17) is 5.11 Å². The molecule has 0 amide bonds. The standard InChI is InChI=1S/C9H9BrFNO2/c1-12-8(9(13)14)7-5(10)3-2-4-6(7)11/h2-4,8,12H,1H3,(H,13,14). The monoisotopic (exact) mass is 261 g/mol. The molecule has 0 radical (unpaired) electrons. The molecule has 0 fully saturated rings. The molecule has 1 rings (SSSR count). The van der Waals surface area contributed by atoms with Crippen molar-refractivity contribution in [2.24, 2.45) is 0 Å². The van der Waals surface area contributed by atoms with Gasteiger partial charge in [0.1, 0.15) is 11.9 Å². The number of carbonyl (C=O) groups is 1. The van der Waals surface area contributed by atoms with Crippen molar-refractivity contribution in [2.75, 3.05) is 7.05 Å². The number of likely N-dealkylation sites (N-methyl/N-ethyl adjacent to an activating group) is 1. The average molecular weight is 262 g/mol. The van der Waals surface area contributed by atoms with Crippen molar-refractivity contribution in [3.05, 3.63) is 34.1 Å². The van der Waals surface area contributed by atoms with Crippen molar-refractivity contribution in [2.45, 2.75) is 6.04 Å². The molecule has 0 saturated carbocycles. The third-order valence-electron chi connectivity index (χ3n) is 1.82. The quantitative estimate of drug-likeness (QED) is 0.875. The molecular formula is C9H9BrFNO2. The van der Waals surface area contributed by atoms with Crippen LogP contribution in [0, 0.1) is 5.82 Å². The third kappa shape index (κ3) is 2.10. The summed E-state index contributed by atoms with van der Waals surface area (Å²) in [6, 6.07) is 3.31. The molecule has 1 aromatic carbocycles. The van der Waals surface area contributed by atoms with Crippen LogP contribution in [0.1, 0.15) is 11.6 Å². The second kappa shape index (κ2) is 4.52. The van der Waals surface area contributed by atoms with Crippen LogP contribution in [-0.4, -0.2) is 18.1 Å². The van der Waals surface area contributed by atoms with E-state index in [1.54, 1.807) is 6.07 Å². The van der Waals surface area contributed by atoms with Crippen LogP contribution in [0.25, 0.3) is 0 Å². The summed E-state index contributed by atoms with van der Waals surface area (Å²) in [5, 5.41) is 11.4. The van der Waals surface area contributed by atoms with E-state index >= 15 is 0 Å².